The zero-order valence-electron chi connectivity index (χ0n) is 17.8. The molecule has 0 saturated carbocycles. The van der Waals surface area contributed by atoms with E-state index in [0.717, 1.165) is 11.1 Å². The monoisotopic (exact) mass is 405 g/mol. The molecular weight excluding hydrogens is 378 g/mol. The third-order valence-corrected chi connectivity index (χ3v) is 5.45. The molecular formula is C25H27NO4. The Morgan fingerprint density at radius 1 is 0.833 bits per heavy atom. The molecule has 0 aromatic heterocycles. The minimum atomic E-state index is -0.950. The van der Waals surface area contributed by atoms with Crippen molar-refractivity contribution in [2.75, 3.05) is 20.3 Å². The topological polar surface area (TPSA) is 55.8 Å². The molecule has 0 amide bonds. The van der Waals surface area contributed by atoms with Gasteiger partial charge in [-0.05, 0) is 38.0 Å². The molecule has 0 bridgehead atoms. The number of nitrogens with zero attached hydrogens (tertiary/aromatic N) is 1. The van der Waals surface area contributed by atoms with Gasteiger partial charge in [-0.25, -0.2) is 9.59 Å². The van der Waals surface area contributed by atoms with Gasteiger partial charge in [0.25, 0.3) is 0 Å². The van der Waals surface area contributed by atoms with E-state index in [9.17, 15) is 9.59 Å². The van der Waals surface area contributed by atoms with Crippen molar-refractivity contribution in [3.63, 3.8) is 0 Å². The molecule has 5 nitrogen and oxygen atoms in total. The molecule has 1 heterocycles. The molecule has 156 valence electrons. The van der Waals surface area contributed by atoms with Crippen LogP contribution in [-0.4, -0.2) is 37.1 Å². The van der Waals surface area contributed by atoms with Gasteiger partial charge < -0.3 is 14.4 Å². The third-order valence-electron chi connectivity index (χ3n) is 5.45. The van der Waals surface area contributed by atoms with E-state index < -0.39 is 17.5 Å². The molecule has 3 rings (SSSR count). The number of carbonyl (C=O) groups excluding carboxylic acids is 2. The standard InChI is InChI=1S/C25H27NO4/c1-5-29-23(27)21-17-22(24(28)30-6-2)25(26(4)18(21)3,19-13-9-7-10-14-19)20-15-11-8-12-16-20/h7-17H,5-6H2,1-4H3. The van der Waals surface area contributed by atoms with Gasteiger partial charge >= 0.3 is 11.9 Å². The average Bonchev–Trinajstić information content (AvgIpc) is 2.77. The Balaban J connectivity index is 2.36. The summed E-state index contributed by atoms with van der Waals surface area (Å²) in [5.41, 5.74) is 2.30. The second-order valence-corrected chi connectivity index (χ2v) is 7.00. The van der Waals surface area contributed by atoms with Crippen LogP contribution in [-0.2, 0) is 24.6 Å². The third kappa shape index (κ3) is 3.52. The largest absolute Gasteiger partial charge is 0.463 e. The maximum absolute atomic E-state index is 13.2. The number of benzene rings is 2. The molecule has 0 N–H and O–H groups in total. The maximum atomic E-state index is 13.2. The number of ether oxygens (including phenoxy) is 2. The Morgan fingerprint density at radius 3 is 1.77 bits per heavy atom. The fourth-order valence-corrected chi connectivity index (χ4v) is 4.02. The highest BCUT2D eigenvalue weighted by atomic mass is 16.5. The highest BCUT2D eigenvalue weighted by molar-refractivity contribution is 6.00. The Labute approximate surface area is 177 Å². The second-order valence-electron chi connectivity index (χ2n) is 7.00. The maximum Gasteiger partial charge on any atom is 0.339 e. The van der Waals surface area contributed by atoms with Crippen LogP contribution in [0.1, 0.15) is 31.9 Å². The lowest BCUT2D eigenvalue weighted by Gasteiger charge is -2.48. The van der Waals surface area contributed by atoms with Crippen LogP contribution in [0.4, 0.5) is 0 Å². The smallest absolute Gasteiger partial charge is 0.339 e. The number of likely N-dealkylation sites (N-methyl/N-ethyl adjacent to an activating group) is 1. The van der Waals surface area contributed by atoms with Crippen molar-refractivity contribution in [1.29, 1.82) is 0 Å². The highest BCUT2D eigenvalue weighted by Crippen LogP contribution is 2.47. The van der Waals surface area contributed by atoms with Crippen molar-refractivity contribution in [1.82, 2.24) is 4.90 Å². The summed E-state index contributed by atoms with van der Waals surface area (Å²) >= 11 is 0. The van der Waals surface area contributed by atoms with Crippen molar-refractivity contribution < 1.29 is 19.1 Å². The van der Waals surface area contributed by atoms with Crippen LogP contribution < -0.4 is 0 Å². The lowest BCUT2D eigenvalue weighted by Crippen LogP contribution is -2.50. The van der Waals surface area contributed by atoms with Gasteiger partial charge in [0.2, 0.25) is 0 Å². The number of hydrogen-bond donors (Lipinski definition) is 0. The summed E-state index contributed by atoms with van der Waals surface area (Å²) in [6.45, 7) is 5.88. The molecule has 0 atom stereocenters. The minimum absolute atomic E-state index is 0.233. The molecule has 0 unspecified atom stereocenters. The molecule has 2 aromatic rings. The molecule has 5 heteroatoms. The van der Waals surface area contributed by atoms with Crippen molar-refractivity contribution >= 4 is 11.9 Å². The fourth-order valence-electron chi connectivity index (χ4n) is 4.02. The van der Waals surface area contributed by atoms with E-state index in [0.29, 0.717) is 16.8 Å². The van der Waals surface area contributed by atoms with Crippen molar-refractivity contribution in [2.45, 2.75) is 26.3 Å². The molecule has 0 saturated heterocycles. The first-order valence-corrected chi connectivity index (χ1v) is 10.1. The van der Waals surface area contributed by atoms with E-state index in [4.69, 9.17) is 9.47 Å². The van der Waals surface area contributed by atoms with Crippen molar-refractivity contribution in [3.8, 4) is 0 Å². The van der Waals surface area contributed by atoms with Gasteiger partial charge in [-0.2, -0.15) is 0 Å². The number of hydrogen-bond acceptors (Lipinski definition) is 5. The first-order valence-electron chi connectivity index (χ1n) is 10.1. The summed E-state index contributed by atoms with van der Waals surface area (Å²) in [6, 6.07) is 19.6. The predicted molar refractivity (Wildman–Crippen MR) is 115 cm³/mol. The molecule has 0 radical (unpaired) electrons. The van der Waals surface area contributed by atoms with Crippen molar-refractivity contribution in [2.24, 2.45) is 0 Å². The van der Waals surface area contributed by atoms with E-state index in [1.165, 1.54) is 0 Å². The van der Waals surface area contributed by atoms with Crippen LogP contribution in [0.3, 0.4) is 0 Å². The van der Waals surface area contributed by atoms with E-state index in [2.05, 4.69) is 0 Å². The first kappa shape index (κ1) is 21.4. The molecule has 0 aliphatic carbocycles. The summed E-state index contributed by atoms with van der Waals surface area (Å²) in [7, 11) is 1.89. The minimum Gasteiger partial charge on any atom is -0.463 e. The van der Waals surface area contributed by atoms with Gasteiger partial charge in [-0.1, -0.05) is 60.7 Å². The van der Waals surface area contributed by atoms with E-state index in [1.54, 1.807) is 19.9 Å². The Bertz CT molecular complexity index is 937. The van der Waals surface area contributed by atoms with E-state index >= 15 is 0 Å². The van der Waals surface area contributed by atoms with Crippen LogP contribution in [0.15, 0.2) is 83.6 Å². The quantitative estimate of drug-likeness (QED) is 0.674. The molecule has 30 heavy (non-hydrogen) atoms. The van der Waals surface area contributed by atoms with Gasteiger partial charge in [0.05, 0.1) is 24.4 Å². The van der Waals surface area contributed by atoms with Crippen LogP contribution >= 0.6 is 0 Å². The van der Waals surface area contributed by atoms with Gasteiger partial charge in [0.1, 0.15) is 5.54 Å². The summed E-state index contributed by atoms with van der Waals surface area (Å²) in [5.74, 6) is -0.926. The van der Waals surface area contributed by atoms with Crippen LogP contribution in [0, 0.1) is 0 Å². The number of carbonyl (C=O) groups is 2. The molecule has 1 aliphatic rings. The summed E-state index contributed by atoms with van der Waals surface area (Å²) < 4.78 is 10.7. The number of allylic oxidation sites excluding steroid dienone is 1. The zero-order valence-corrected chi connectivity index (χ0v) is 17.8. The van der Waals surface area contributed by atoms with Crippen LogP contribution in [0.25, 0.3) is 0 Å². The summed E-state index contributed by atoms with van der Waals surface area (Å²) in [6.07, 6.45) is 1.63. The number of rotatable bonds is 6. The Kier molecular flexibility index (Phi) is 6.40. The number of esters is 2. The lowest BCUT2D eigenvalue weighted by molar-refractivity contribution is -0.140. The van der Waals surface area contributed by atoms with Gasteiger partial charge in [0.15, 0.2) is 0 Å². The second kappa shape index (κ2) is 8.99. The highest BCUT2D eigenvalue weighted by Gasteiger charge is 2.49. The Morgan fingerprint density at radius 2 is 1.30 bits per heavy atom. The molecule has 0 spiro atoms. The summed E-state index contributed by atoms with van der Waals surface area (Å²) in [4.78, 5) is 27.9. The van der Waals surface area contributed by atoms with Crippen molar-refractivity contribution in [3.05, 3.63) is 94.7 Å². The Hall–Kier alpha value is -3.34. The van der Waals surface area contributed by atoms with Crippen LogP contribution in [0.2, 0.25) is 0 Å². The van der Waals surface area contributed by atoms with E-state index in [-0.39, 0.29) is 13.2 Å². The van der Waals surface area contributed by atoms with Crippen LogP contribution in [0.5, 0.6) is 0 Å². The average molecular weight is 405 g/mol. The molecule has 1 aliphatic heterocycles. The van der Waals surface area contributed by atoms with Gasteiger partial charge in [0, 0.05) is 12.7 Å². The van der Waals surface area contributed by atoms with Gasteiger partial charge in [-0.15, -0.1) is 0 Å². The first-order chi connectivity index (χ1) is 14.5. The predicted octanol–water partition coefficient (Wildman–Crippen LogP) is 4.20. The van der Waals surface area contributed by atoms with E-state index in [1.807, 2.05) is 79.5 Å². The lowest BCUT2D eigenvalue weighted by atomic mass is 9.72. The fraction of sp³-hybridized carbons (Fsp3) is 0.280. The molecule has 2 aromatic carbocycles. The zero-order chi connectivity index (χ0) is 21.7. The normalized spacial score (nSPS) is 15.5. The SMILES string of the molecule is CCOC(=O)C1=CC(C(=O)OCC)=C(C)N(C)C1(c1ccccc1)c1ccccc1. The summed E-state index contributed by atoms with van der Waals surface area (Å²) in [5, 5.41) is 0. The molecule has 0 fully saturated rings. The van der Waals surface area contributed by atoms with Gasteiger partial charge in [-0.3, -0.25) is 0 Å².